The van der Waals surface area contributed by atoms with E-state index in [4.69, 9.17) is 0 Å². The van der Waals surface area contributed by atoms with Crippen molar-refractivity contribution in [2.45, 2.75) is 13.0 Å². The van der Waals surface area contributed by atoms with Crippen LogP contribution >= 0.6 is 0 Å². The van der Waals surface area contributed by atoms with Gasteiger partial charge in [0.25, 0.3) is 0 Å². The Morgan fingerprint density at radius 1 is 1.11 bits per heavy atom. The van der Waals surface area contributed by atoms with Crippen LogP contribution in [-0.4, -0.2) is 35.8 Å². The van der Waals surface area contributed by atoms with Crippen molar-refractivity contribution in [3.8, 4) is 0 Å². The Balaban J connectivity index is 1.46. The molecule has 1 atom stereocenters. The molecule has 2 N–H and O–H groups in total. The van der Waals surface area contributed by atoms with E-state index in [-0.39, 0.29) is 37.2 Å². The van der Waals surface area contributed by atoms with E-state index in [0.717, 1.165) is 5.56 Å². The van der Waals surface area contributed by atoms with Crippen molar-refractivity contribution in [2.75, 3.05) is 18.0 Å². The summed E-state index contributed by atoms with van der Waals surface area (Å²) in [6.45, 7) is 0.386. The highest BCUT2D eigenvalue weighted by Gasteiger charge is 2.35. The minimum Gasteiger partial charge on any atom is -0.350 e. The lowest BCUT2D eigenvalue weighted by Gasteiger charge is -2.16. The normalized spacial score (nSPS) is 16.3. The summed E-state index contributed by atoms with van der Waals surface area (Å²) in [6.07, 6.45) is 3.32. The van der Waals surface area contributed by atoms with Gasteiger partial charge in [-0.15, -0.1) is 0 Å². The molecule has 0 radical (unpaired) electrons. The number of carbonyl (C=O) groups excluding carboxylic acids is 3. The number of halogens is 1. The number of hydrogen-bond donors (Lipinski definition) is 2. The van der Waals surface area contributed by atoms with E-state index in [1.54, 1.807) is 24.5 Å². The highest BCUT2D eigenvalue weighted by Crippen LogP contribution is 2.25. The maximum absolute atomic E-state index is 13.0. The Hall–Kier alpha value is -3.29. The molecule has 0 spiro atoms. The van der Waals surface area contributed by atoms with Gasteiger partial charge in [-0.3, -0.25) is 19.4 Å². The monoisotopic (exact) mass is 370 g/mol. The molecule has 8 heteroatoms. The van der Waals surface area contributed by atoms with Crippen LogP contribution in [0.3, 0.4) is 0 Å². The second-order valence-corrected chi connectivity index (χ2v) is 6.23. The van der Waals surface area contributed by atoms with E-state index in [0.29, 0.717) is 12.2 Å². The molecule has 1 aromatic carbocycles. The van der Waals surface area contributed by atoms with E-state index in [2.05, 4.69) is 15.6 Å². The van der Waals surface area contributed by atoms with Gasteiger partial charge in [0.15, 0.2) is 0 Å². The van der Waals surface area contributed by atoms with Crippen molar-refractivity contribution in [3.05, 3.63) is 60.2 Å². The van der Waals surface area contributed by atoms with Gasteiger partial charge in [-0.2, -0.15) is 0 Å². The quantitative estimate of drug-likeness (QED) is 0.794. The fourth-order valence-electron chi connectivity index (χ4n) is 2.83. The SMILES string of the molecule is O=C(CNC(=O)C1CC(=O)N(c2ccc(F)cc2)C1)NCc1ccncc1. The Morgan fingerprint density at radius 3 is 2.52 bits per heavy atom. The predicted molar refractivity (Wildman–Crippen MR) is 96.0 cm³/mol. The number of nitrogens with one attached hydrogen (secondary N) is 2. The number of carbonyl (C=O) groups is 3. The summed E-state index contributed by atoms with van der Waals surface area (Å²) in [7, 11) is 0. The lowest BCUT2D eigenvalue weighted by molar-refractivity contribution is -0.129. The molecule has 0 saturated carbocycles. The largest absolute Gasteiger partial charge is 0.350 e. The summed E-state index contributed by atoms with van der Waals surface area (Å²) in [5, 5.41) is 5.26. The standard InChI is InChI=1S/C19H19FN4O3/c20-15-1-3-16(4-2-15)24-12-14(9-18(24)26)19(27)23-11-17(25)22-10-13-5-7-21-8-6-13/h1-8,14H,9-12H2,(H,22,25)(H,23,27). The fraction of sp³-hybridized carbons (Fsp3) is 0.263. The molecule has 1 unspecified atom stereocenters. The molecule has 1 saturated heterocycles. The summed E-state index contributed by atoms with van der Waals surface area (Å²) in [4.78, 5) is 41.6. The maximum atomic E-state index is 13.0. The third-order valence-electron chi connectivity index (χ3n) is 4.30. The van der Waals surface area contributed by atoms with E-state index >= 15 is 0 Å². The average Bonchev–Trinajstić information content (AvgIpc) is 3.07. The maximum Gasteiger partial charge on any atom is 0.239 e. The second-order valence-electron chi connectivity index (χ2n) is 6.23. The van der Waals surface area contributed by atoms with Crippen LogP contribution in [-0.2, 0) is 20.9 Å². The van der Waals surface area contributed by atoms with E-state index < -0.39 is 11.7 Å². The number of nitrogens with zero attached hydrogens (tertiary/aromatic N) is 2. The molecular weight excluding hydrogens is 351 g/mol. The number of hydrogen-bond acceptors (Lipinski definition) is 4. The molecule has 2 aromatic rings. The zero-order valence-electron chi connectivity index (χ0n) is 14.5. The summed E-state index contributed by atoms with van der Waals surface area (Å²) >= 11 is 0. The van der Waals surface area contributed by atoms with Gasteiger partial charge in [0, 0.05) is 37.6 Å². The molecule has 0 bridgehead atoms. The van der Waals surface area contributed by atoms with Crippen LogP contribution < -0.4 is 15.5 Å². The number of rotatable bonds is 6. The summed E-state index contributed by atoms with van der Waals surface area (Å²) in [5.41, 5.74) is 1.45. The molecule has 1 aliphatic rings. The van der Waals surface area contributed by atoms with Gasteiger partial charge in [-0.1, -0.05) is 0 Å². The van der Waals surface area contributed by atoms with Crippen LogP contribution in [0.25, 0.3) is 0 Å². The van der Waals surface area contributed by atoms with Crippen molar-refractivity contribution in [1.82, 2.24) is 15.6 Å². The molecule has 1 fully saturated rings. The van der Waals surface area contributed by atoms with Crippen LogP contribution in [0.1, 0.15) is 12.0 Å². The topological polar surface area (TPSA) is 91.4 Å². The first-order chi connectivity index (χ1) is 13.0. The van der Waals surface area contributed by atoms with Crippen LogP contribution in [0.4, 0.5) is 10.1 Å². The van der Waals surface area contributed by atoms with E-state index in [1.807, 2.05) is 0 Å². The number of benzene rings is 1. The molecular formula is C19H19FN4O3. The zero-order chi connectivity index (χ0) is 19.2. The Labute approximate surface area is 155 Å². The van der Waals surface area contributed by atoms with Crippen molar-refractivity contribution < 1.29 is 18.8 Å². The Bertz CT molecular complexity index is 827. The number of pyridine rings is 1. The van der Waals surface area contributed by atoms with Crippen molar-refractivity contribution in [2.24, 2.45) is 5.92 Å². The molecule has 27 heavy (non-hydrogen) atoms. The molecule has 7 nitrogen and oxygen atoms in total. The lowest BCUT2D eigenvalue weighted by Crippen LogP contribution is -2.40. The summed E-state index contributed by atoms with van der Waals surface area (Å²) in [5.74, 6) is -1.82. The smallest absolute Gasteiger partial charge is 0.239 e. The van der Waals surface area contributed by atoms with Gasteiger partial charge in [-0.25, -0.2) is 4.39 Å². The first-order valence-electron chi connectivity index (χ1n) is 8.52. The minimum absolute atomic E-state index is 0.0574. The van der Waals surface area contributed by atoms with Gasteiger partial charge < -0.3 is 15.5 Å². The second kappa shape index (κ2) is 8.39. The van der Waals surface area contributed by atoms with Crippen molar-refractivity contribution >= 4 is 23.4 Å². The van der Waals surface area contributed by atoms with E-state index in [9.17, 15) is 18.8 Å². The van der Waals surface area contributed by atoms with Crippen LogP contribution in [0, 0.1) is 11.7 Å². The zero-order valence-corrected chi connectivity index (χ0v) is 14.5. The molecule has 1 aliphatic heterocycles. The van der Waals surface area contributed by atoms with E-state index in [1.165, 1.54) is 29.2 Å². The van der Waals surface area contributed by atoms with Crippen molar-refractivity contribution in [3.63, 3.8) is 0 Å². The van der Waals surface area contributed by atoms with Gasteiger partial charge in [0.2, 0.25) is 17.7 Å². The number of anilines is 1. The van der Waals surface area contributed by atoms with Gasteiger partial charge in [0.1, 0.15) is 5.82 Å². The molecule has 1 aromatic heterocycles. The van der Waals surface area contributed by atoms with Gasteiger partial charge in [0.05, 0.1) is 12.5 Å². The fourth-order valence-corrected chi connectivity index (χ4v) is 2.83. The third-order valence-corrected chi connectivity index (χ3v) is 4.30. The summed E-state index contributed by atoms with van der Waals surface area (Å²) in [6, 6.07) is 9.10. The predicted octanol–water partition coefficient (Wildman–Crippen LogP) is 1.01. The van der Waals surface area contributed by atoms with Crippen LogP contribution in [0.15, 0.2) is 48.8 Å². The van der Waals surface area contributed by atoms with Crippen LogP contribution in [0.5, 0.6) is 0 Å². The molecule has 3 amide bonds. The molecule has 3 rings (SSSR count). The highest BCUT2D eigenvalue weighted by molar-refractivity contribution is 6.00. The highest BCUT2D eigenvalue weighted by atomic mass is 19.1. The summed E-state index contributed by atoms with van der Waals surface area (Å²) < 4.78 is 13.0. The molecule has 0 aliphatic carbocycles. The minimum atomic E-state index is -0.546. The first-order valence-corrected chi connectivity index (χ1v) is 8.52. The Morgan fingerprint density at radius 2 is 1.81 bits per heavy atom. The Kier molecular flexibility index (Phi) is 5.75. The van der Waals surface area contributed by atoms with Gasteiger partial charge >= 0.3 is 0 Å². The number of aromatic nitrogens is 1. The van der Waals surface area contributed by atoms with Gasteiger partial charge in [-0.05, 0) is 42.0 Å². The number of amides is 3. The van der Waals surface area contributed by atoms with Crippen LogP contribution in [0.2, 0.25) is 0 Å². The molecule has 140 valence electrons. The molecule has 2 heterocycles. The lowest BCUT2D eigenvalue weighted by atomic mass is 10.1. The third kappa shape index (κ3) is 4.87. The first kappa shape index (κ1) is 18.5. The van der Waals surface area contributed by atoms with Crippen molar-refractivity contribution in [1.29, 1.82) is 0 Å². The average molecular weight is 370 g/mol.